The average Bonchev–Trinajstić information content (AvgIpc) is 2.57. The van der Waals surface area contributed by atoms with Gasteiger partial charge in [-0.15, -0.1) is 0 Å². The van der Waals surface area contributed by atoms with Crippen molar-refractivity contribution in [1.82, 2.24) is 24.8 Å². The number of hydrogen-bond acceptors (Lipinski definition) is 5. The summed E-state index contributed by atoms with van der Waals surface area (Å²) in [4.78, 5) is 28.6. The van der Waals surface area contributed by atoms with Crippen molar-refractivity contribution in [3.63, 3.8) is 0 Å². The van der Waals surface area contributed by atoms with Crippen molar-refractivity contribution in [2.75, 3.05) is 26.2 Å². The molecule has 0 spiro atoms. The number of carbonyl (C=O) groups excluding carboxylic acids is 1. The van der Waals surface area contributed by atoms with Crippen LogP contribution in [-0.4, -0.2) is 56.8 Å². The number of carbonyl (C=O) groups is 1. The zero-order valence-electron chi connectivity index (χ0n) is 11.7. The molecule has 21 heavy (non-hydrogen) atoms. The van der Waals surface area contributed by atoms with E-state index in [4.69, 9.17) is 0 Å². The van der Waals surface area contributed by atoms with Gasteiger partial charge < -0.3 is 4.90 Å². The van der Waals surface area contributed by atoms with E-state index in [1.54, 1.807) is 12.3 Å². The molecule has 3 rings (SSSR count). The third kappa shape index (κ3) is 3.41. The maximum atomic E-state index is 12.3. The molecule has 0 atom stereocenters. The number of aromatic nitrogens is 3. The molecule has 2 aromatic rings. The first-order chi connectivity index (χ1) is 10.3. The molecule has 1 saturated heterocycles. The lowest BCUT2D eigenvalue weighted by molar-refractivity contribution is 0.0621. The summed E-state index contributed by atoms with van der Waals surface area (Å²) < 4.78 is 0. The van der Waals surface area contributed by atoms with Crippen LogP contribution in [0.4, 0.5) is 0 Å². The van der Waals surface area contributed by atoms with Crippen molar-refractivity contribution in [3.8, 4) is 0 Å². The molecular formula is C15H17N5O. The Morgan fingerprint density at radius 3 is 2.57 bits per heavy atom. The second-order valence-electron chi connectivity index (χ2n) is 4.98. The molecule has 6 heteroatoms. The van der Waals surface area contributed by atoms with Crippen molar-refractivity contribution >= 4 is 5.91 Å². The van der Waals surface area contributed by atoms with Gasteiger partial charge >= 0.3 is 0 Å². The Bertz CT molecular complexity index is 582. The molecule has 0 aromatic carbocycles. The van der Waals surface area contributed by atoms with Gasteiger partial charge in [-0.1, -0.05) is 6.07 Å². The fourth-order valence-electron chi connectivity index (χ4n) is 2.41. The minimum atomic E-state index is -0.0186. The van der Waals surface area contributed by atoms with Crippen LogP contribution in [0.2, 0.25) is 0 Å². The zero-order valence-corrected chi connectivity index (χ0v) is 11.7. The van der Waals surface area contributed by atoms with Gasteiger partial charge in [0.2, 0.25) is 0 Å². The minimum absolute atomic E-state index is 0.0186. The molecule has 1 aliphatic rings. The van der Waals surface area contributed by atoms with E-state index in [2.05, 4.69) is 19.9 Å². The predicted molar refractivity (Wildman–Crippen MR) is 77.4 cm³/mol. The van der Waals surface area contributed by atoms with E-state index in [9.17, 15) is 4.79 Å². The summed E-state index contributed by atoms with van der Waals surface area (Å²) in [6.07, 6.45) is 4.81. The standard InChI is InChI=1S/C15H17N5O/c21-15(14-4-6-16-12-18-14)20-9-7-19(8-10-20)11-13-3-1-2-5-17-13/h1-6,12H,7-11H2. The van der Waals surface area contributed by atoms with Crippen LogP contribution in [0.3, 0.4) is 0 Å². The van der Waals surface area contributed by atoms with Crippen LogP contribution >= 0.6 is 0 Å². The number of piperazine rings is 1. The van der Waals surface area contributed by atoms with Crippen LogP contribution in [-0.2, 0) is 6.54 Å². The van der Waals surface area contributed by atoms with Crippen LogP contribution in [0, 0.1) is 0 Å². The summed E-state index contributed by atoms with van der Waals surface area (Å²) in [6.45, 7) is 3.97. The SMILES string of the molecule is O=C(c1ccncn1)N1CCN(Cc2ccccn2)CC1. The highest BCUT2D eigenvalue weighted by molar-refractivity contribution is 5.92. The fraction of sp³-hybridized carbons (Fsp3) is 0.333. The lowest BCUT2D eigenvalue weighted by Crippen LogP contribution is -2.48. The molecule has 3 heterocycles. The van der Waals surface area contributed by atoms with Crippen LogP contribution in [0.15, 0.2) is 43.0 Å². The van der Waals surface area contributed by atoms with E-state index in [0.717, 1.165) is 38.4 Å². The molecule has 1 amide bonds. The first kappa shape index (κ1) is 13.6. The van der Waals surface area contributed by atoms with E-state index in [1.165, 1.54) is 6.33 Å². The van der Waals surface area contributed by atoms with Gasteiger partial charge in [-0.05, 0) is 18.2 Å². The molecule has 0 N–H and O–H groups in total. The zero-order chi connectivity index (χ0) is 14.5. The van der Waals surface area contributed by atoms with Gasteiger partial charge in [-0.25, -0.2) is 9.97 Å². The summed E-state index contributed by atoms with van der Waals surface area (Å²) in [5.74, 6) is -0.0186. The molecule has 2 aromatic heterocycles. The van der Waals surface area contributed by atoms with Crippen LogP contribution < -0.4 is 0 Å². The fourth-order valence-corrected chi connectivity index (χ4v) is 2.41. The van der Waals surface area contributed by atoms with E-state index in [1.807, 2.05) is 29.3 Å². The Labute approximate surface area is 123 Å². The van der Waals surface area contributed by atoms with Crippen molar-refractivity contribution < 1.29 is 4.79 Å². The third-order valence-corrected chi connectivity index (χ3v) is 3.57. The molecule has 1 fully saturated rings. The number of pyridine rings is 1. The maximum Gasteiger partial charge on any atom is 0.272 e. The highest BCUT2D eigenvalue weighted by Gasteiger charge is 2.22. The number of hydrogen-bond donors (Lipinski definition) is 0. The van der Waals surface area contributed by atoms with Gasteiger partial charge in [0.25, 0.3) is 5.91 Å². The van der Waals surface area contributed by atoms with E-state index >= 15 is 0 Å². The molecule has 0 radical (unpaired) electrons. The quantitative estimate of drug-likeness (QED) is 0.835. The Morgan fingerprint density at radius 2 is 1.90 bits per heavy atom. The molecule has 6 nitrogen and oxygen atoms in total. The first-order valence-electron chi connectivity index (χ1n) is 7.00. The molecule has 0 aliphatic carbocycles. The molecule has 108 valence electrons. The van der Waals surface area contributed by atoms with Crippen molar-refractivity contribution in [2.45, 2.75) is 6.54 Å². The third-order valence-electron chi connectivity index (χ3n) is 3.57. The second kappa shape index (κ2) is 6.41. The highest BCUT2D eigenvalue weighted by atomic mass is 16.2. The highest BCUT2D eigenvalue weighted by Crippen LogP contribution is 2.09. The smallest absolute Gasteiger partial charge is 0.272 e. The van der Waals surface area contributed by atoms with Gasteiger partial charge in [-0.3, -0.25) is 14.7 Å². The van der Waals surface area contributed by atoms with Gasteiger partial charge in [0.15, 0.2) is 0 Å². The van der Waals surface area contributed by atoms with Crippen molar-refractivity contribution in [3.05, 3.63) is 54.4 Å². The Morgan fingerprint density at radius 1 is 1.05 bits per heavy atom. The van der Waals surface area contributed by atoms with E-state index in [0.29, 0.717) is 5.69 Å². The second-order valence-corrected chi connectivity index (χ2v) is 4.98. The Balaban J connectivity index is 1.54. The normalized spacial score (nSPS) is 15.9. The van der Waals surface area contributed by atoms with Crippen molar-refractivity contribution in [1.29, 1.82) is 0 Å². The number of rotatable bonds is 3. The number of nitrogens with zero attached hydrogens (tertiary/aromatic N) is 5. The largest absolute Gasteiger partial charge is 0.335 e. The Kier molecular flexibility index (Phi) is 4.16. The van der Waals surface area contributed by atoms with Crippen LogP contribution in [0.1, 0.15) is 16.2 Å². The summed E-state index contributed by atoms with van der Waals surface area (Å²) in [5, 5.41) is 0. The molecule has 1 aliphatic heterocycles. The lowest BCUT2D eigenvalue weighted by Gasteiger charge is -2.34. The maximum absolute atomic E-state index is 12.3. The average molecular weight is 283 g/mol. The summed E-state index contributed by atoms with van der Waals surface area (Å²) >= 11 is 0. The lowest BCUT2D eigenvalue weighted by atomic mass is 10.2. The monoisotopic (exact) mass is 283 g/mol. The molecule has 0 unspecified atom stereocenters. The number of amides is 1. The molecule has 0 bridgehead atoms. The summed E-state index contributed by atoms with van der Waals surface area (Å²) in [5.41, 5.74) is 1.52. The summed E-state index contributed by atoms with van der Waals surface area (Å²) in [7, 11) is 0. The van der Waals surface area contributed by atoms with Crippen LogP contribution in [0.5, 0.6) is 0 Å². The minimum Gasteiger partial charge on any atom is -0.335 e. The molecule has 0 saturated carbocycles. The van der Waals surface area contributed by atoms with Crippen LogP contribution in [0.25, 0.3) is 0 Å². The Hall–Kier alpha value is -2.34. The van der Waals surface area contributed by atoms with Gasteiger partial charge in [0, 0.05) is 45.1 Å². The summed E-state index contributed by atoms with van der Waals surface area (Å²) in [6, 6.07) is 7.60. The predicted octanol–water partition coefficient (Wildman–Crippen LogP) is 0.830. The van der Waals surface area contributed by atoms with Gasteiger partial charge in [-0.2, -0.15) is 0 Å². The van der Waals surface area contributed by atoms with Gasteiger partial charge in [0.1, 0.15) is 12.0 Å². The van der Waals surface area contributed by atoms with E-state index in [-0.39, 0.29) is 5.91 Å². The topological polar surface area (TPSA) is 62.2 Å². The molecular weight excluding hydrogens is 266 g/mol. The van der Waals surface area contributed by atoms with Gasteiger partial charge in [0.05, 0.1) is 5.69 Å². The van der Waals surface area contributed by atoms with E-state index < -0.39 is 0 Å². The first-order valence-corrected chi connectivity index (χ1v) is 7.00. The van der Waals surface area contributed by atoms with Crippen molar-refractivity contribution in [2.24, 2.45) is 0 Å².